The van der Waals surface area contributed by atoms with Crippen molar-refractivity contribution in [2.75, 3.05) is 0 Å². The van der Waals surface area contributed by atoms with E-state index in [0.29, 0.717) is 12.8 Å². The third kappa shape index (κ3) is 1.77. The molecule has 0 aliphatic carbocycles. The molecule has 1 aliphatic rings. The molecule has 0 saturated carbocycles. The van der Waals surface area contributed by atoms with Crippen LogP contribution in [0.4, 0.5) is 0 Å². The van der Waals surface area contributed by atoms with Gasteiger partial charge in [-0.3, -0.25) is 4.79 Å². The minimum Gasteiger partial charge on any atom is -0.459 e. The van der Waals surface area contributed by atoms with E-state index in [0.717, 1.165) is 5.56 Å². The largest absolute Gasteiger partial charge is 0.459 e. The van der Waals surface area contributed by atoms with E-state index in [1.807, 2.05) is 30.3 Å². The van der Waals surface area contributed by atoms with Gasteiger partial charge in [0, 0.05) is 6.42 Å². The molecule has 0 amide bonds. The zero-order valence-corrected chi connectivity index (χ0v) is 7.72. The Kier molecular flexibility index (Phi) is 2.50. The Hall–Kier alpha value is -1.35. The zero-order valence-electron chi connectivity index (χ0n) is 7.72. The summed E-state index contributed by atoms with van der Waals surface area (Å²) in [5.41, 5.74) is 0.798. The van der Waals surface area contributed by atoms with E-state index in [1.54, 1.807) is 0 Å². The molecule has 3 nitrogen and oxygen atoms in total. The summed E-state index contributed by atoms with van der Waals surface area (Å²) in [5.74, 6) is -0.218. The maximum absolute atomic E-state index is 10.9. The number of aliphatic hydroxyl groups excluding tert-OH is 1. The van der Waals surface area contributed by atoms with Gasteiger partial charge in [0.1, 0.15) is 12.2 Å². The number of esters is 1. The number of carbonyl (C=O) groups is 1. The van der Waals surface area contributed by atoms with Gasteiger partial charge in [0.05, 0.1) is 0 Å². The van der Waals surface area contributed by atoms with E-state index in [4.69, 9.17) is 4.74 Å². The van der Waals surface area contributed by atoms with Crippen molar-refractivity contribution in [1.29, 1.82) is 0 Å². The molecule has 2 rings (SSSR count). The fourth-order valence-electron chi connectivity index (χ4n) is 1.63. The first kappa shape index (κ1) is 9.21. The van der Waals surface area contributed by atoms with Gasteiger partial charge in [0.2, 0.25) is 0 Å². The average molecular weight is 192 g/mol. The number of hydrogen-bond acceptors (Lipinski definition) is 3. The third-order valence-corrected chi connectivity index (χ3v) is 2.41. The van der Waals surface area contributed by atoms with Gasteiger partial charge in [-0.2, -0.15) is 0 Å². The van der Waals surface area contributed by atoms with Crippen molar-refractivity contribution in [3.63, 3.8) is 0 Å². The standard InChI is InChI=1S/C11H12O3/c12-10-7-6-9(14-10)11(13)8-4-2-1-3-5-8/h1-5,9,11,13H,6-7H2. The van der Waals surface area contributed by atoms with Crippen molar-refractivity contribution in [3.8, 4) is 0 Å². The SMILES string of the molecule is O=C1CCC(C(O)c2ccccc2)O1. The van der Waals surface area contributed by atoms with Crippen molar-refractivity contribution < 1.29 is 14.6 Å². The molecule has 1 fully saturated rings. The maximum Gasteiger partial charge on any atom is 0.306 e. The molecule has 1 aliphatic heterocycles. The second-order valence-corrected chi connectivity index (χ2v) is 3.42. The van der Waals surface area contributed by atoms with Crippen LogP contribution in [0.5, 0.6) is 0 Å². The van der Waals surface area contributed by atoms with Crippen LogP contribution in [0, 0.1) is 0 Å². The zero-order chi connectivity index (χ0) is 9.97. The number of cyclic esters (lactones) is 1. The molecule has 3 heteroatoms. The third-order valence-electron chi connectivity index (χ3n) is 2.41. The summed E-state index contributed by atoms with van der Waals surface area (Å²) in [4.78, 5) is 10.9. The van der Waals surface area contributed by atoms with Crippen LogP contribution in [0.1, 0.15) is 24.5 Å². The van der Waals surface area contributed by atoms with E-state index >= 15 is 0 Å². The van der Waals surface area contributed by atoms with Crippen molar-refractivity contribution in [3.05, 3.63) is 35.9 Å². The monoisotopic (exact) mass is 192 g/mol. The normalized spacial score (nSPS) is 23.2. The topological polar surface area (TPSA) is 46.5 Å². The highest BCUT2D eigenvalue weighted by molar-refractivity contribution is 5.71. The van der Waals surface area contributed by atoms with E-state index in [-0.39, 0.29) is 12.1 Å². The minimum atomic E-state index is -0.692. The molecular formula is C11H12O3. The van der Waals surface area contributed by atoms with Crippen LogP contribution in [-0.4, -0.2) is 17.2 Å². The number of ether oxygens (including phenoxy) is 1. The fourth-order valence-corrected chi connectivity index (χ4v) is 1.63. The number of carbonyl (C=O) groups excluding carboxylic acids is 1. The Morgan fingerprint density at radius 3 is 2.64 bits per heavy atom. The number of hydrogen-bond donors (Lipinski definition) is 1. The molecule has 0 bridgehead atoms. The molecule has 1 saturated heterocycles. The Labute approximate surface area is 82.3 Å². The summed E-state index contributed by atoms with van der Waals surface area (Å²) >= 11 is 0. The van der Waals surface area contributed by atoms with Gasteiger partial charge >= 0.3 is 5.97 Å². The van der Waals surface area contributed by atoms with Gasteiger partial charge in [0.25, 0.3) is 0 Å². The second-order valence-electron chi connectivity index (χ2n) is 3.42. The first-order valence-electron chi connectivity index (χ1n) is 4.70. The molecule has 2 atom stereocenters. The van der Waals surface area contributed by atoms with Crippen molar-refractivity contribution in [2.45, 2.75) is 25.0 Å². The first-order valence-corrected chi connectivity index (χ1v) is 4.70. The van der Waals surface area contributed by atoms with Gasteiger partial charge < -0.3 is 9.84 Å². The van der Waals surface area contributed by atoms with Gasteiger partial charge in [-0.05, 0) is 12.0 Å². The van der Waals surface area contributed by atoms with E-state index < -0.39 is 6.10 Å². The molecular weight excluding hydrogens is 180 g/mol. The lowest BCUT2D eigenvalue weighted by Gasteiger charge is -2.16. The Balaban J connectivity index is 2.09. The lowest BCUT2D eigenvalue weighted by molar-refractivity contribution is -0.145. The quantitative estimate of drug-likeness (QED) is 0.721. The molecule has 1 aromatic rings. The van der Waals surface area contributed by atoms with Crippen LogP contribution in [0.3, 0.4) is 0 Å². The van der Waals surface area contributed by atoms with Gasteiger partial charge in [-0.1, -0.05) is 30.3 Å². The summed E-state index contributed by atoms with van der Waals surface area (Å²) in [6.07, 6.45) is -0.0451. The van der Waals surface area contributed by atoms with Crippen LogP contribution in [0.2, 0.25) is 0 Å². The number of rotatable bonds is 2. The molecule has 14 heavy (non-hydrogen) atoms. The van der Waals surface area contributed by atoms with Gasteiger partial charge in [0.15, 0.2) is 0 Å². The molecule has 1 heterocycles. The number of benzene rings is 1. The maximum atomic E-state index is 10.9. The molecule has 0 spiro atoms. The minimum absolute atomic E-state index is 0.218. The second kappa shape index (κ2) is 3.80. The molecule has 1 aromatic carbocycles. The predicted octanol–water partition coefficient (Wildman–Crippen LogP) is 1.43. The van der Waals surface area contributed by atoms with E-state index in [2.05, 4.69) is 0 Å². The summed E-state index contributed by atoms with van der Waals surface area (Å²) in [7, 11) is 0. The highest BCUT2D eigenvalue weighted by atomic mass is 16.6. The van der Waals surface area contributed by atoms with Crippen LogP contribution in [0.15, 0.2) is 30.3 Å². The fraction of sp³-hybridized carbons (Fsp3) is 0.364. The summed E-state index contributed by atoms with van der Waals surface area (Å²) < 4.78 is 4.99. The summed E-state index contributed by atoms with van der Waals surface area (Å²) in [6.45, 7) is 0. The highest BCUT2D eigenvalue weighted by Crippen LogP contribution is 2.26. The van der Waals surface area contributed by atoms with Crippen LogP contribution < -0.4 is 0 Å². The summed E-state index contributed by atoms with van der Waals surface area (Å²) in [6, 6.07) is 9.26. The van der Waals surface area contributed by atoms with Crippen LogP contribution >= 0.6 is 0 Å². The molecule has 74 valence electrons. The van der Waals surface area contributed by atoms with Gasteiger partial charge in [-0.15, -0.1) is 0 Å². The first-order chi connectivity index (χ1) is 6.77. The van der Waals surface area contributed by atoms with Crippen LogP contribution in [-0.2, 0) is 9.53 Å². The smallest absolute Gasteiger partial charge is 0.306 e. The Morgan fingerprint density at radius 2 is 2.07 bits per heavy atom. The van der Waals surface area contributed by atoms with Gasteiger partial charge in [-0.25, -0.2) is 0 Å². The highest BCUT2D eigenvalue weighted by Gasteiger charge is 2.30. The summed E-state index contributed by atoms with van der Waals surface area (Å²) in [5, 5.41) is 9.86. The molecule has 1 N–H and O–H groups in total. The molecule has 0 radical (unpaired) electrons. The lowest BCUT2D eigenvalue weighted by Crippen LogP contribution is -2.17. The predicted molar refractivity (Wildman–Crippen MR) is 50.5 cm³/mol. The van der Waals surface area contributed by atoms with Crippen molar-refractivity contribution >= 4 is 5.97 Å². The number of aliphatic hydroxyl groups is 1. The van der Waals surface area contributed by atoms with Crippen LogP contribution in [0.25, 0.3) is 0 Å². The van der Waals surface area contributed by atoms with E-state index in [9.17, 15) is 9.90 Å². The Bertz CT molecular complexity index is 321. The Morgan fingerprint density at radius 1 is 1.36 bits per heavy atom. The van der Waals surface area contributed by atoms with Crippen molar-refractivity contribution in [1.82, 2.24) is 0 Å². The van der Waals surface area contributed by atoms with Crippen molar-refractivity contribution in [2.24, 2.45) is 0 Å². The van der Waals surface area contributed by atoms with E-state index in [1.165, 1.54) is 0 Å². The average Bonchev–Trinajstić information content (AvgIpc) is 2.65. The lowest BCUT2D eigenvalue weighted by atomic mass is 10.0. The molecule has 2 unspecified atom stereocenters. The molecule has 0 aromatic heterocycles.